The van der Waals surface area contributed by atoms with Gasteiger partial charge in [-0.15, -0.1) is 0 Å². The van der Waals surface area contributed by atoms with E-state index in [1.807, 2.05) is 33.3 Å². The van der Waals surface area contributed by atoms with Gasteiger partial charge in [0, 0.05) is 12.8 Å². The lowest BCUT2D eigenvalue weighted by atomic mass is 10.0. The standard InChI is InChI=1S/C66H121N2O7P/c1-7-10-13-16-19-22-25-28-30-32-33-34-35-37-38-40-43-46-49-52-55-58-65(69)67-63(62-74-76(71,72)73-61-60-68(4,5)6)64(57-54-51-48-45-42-27-24-21-18-15-12-9-3)75-66(70)59-56-53-50-47-44-41-39-36-31-29-26-23-20-17-14-11-8-2/h19,22,28-31,33-34,37-38,54,57,63-64H,7-18,20-21,23-27,32,35-36,39-53,55-56,58-62H2,1-6H3,(H-,67,69,71,72)/b22-19-,30-28-,31-29+,34-33-,38-37-,57-54-. The van der Waals surface area contributed by atoms with Crippen molar-refractivity contribution in [2.45, 2.75) is 296 Å². The first-order valence-electron chi connectivity index (χ1n) is 31.7. The molecule has 0 heterocycles. The second-order valence-electron chi connectivity index (χ2n) is 22.6. The highest BCUT2D eigenvalue weighted by Gasteiger charge is 2.27. The molecule has 3 atom stereocenters. The molecule has 0 aliphatic heterocycles. The van der Waals surface area contributed by atoms with Gasteiger partial charge >= 0.3 is 5.97 Å². The number of quaternary nitrogens is 1. The molecule has 442 valence electrons. The molecule has 0 saturated heterocycles. The van der Waals surface area contributed by atoms with Gasteiger partial charge in [0.05, 0.1) is 33.8 Å². The normalized spacial score (nSPS) is 14.1. The average molecular weight is 1090 g/mol. The highest BCUT2D eigenvalue weighted by molar-refractivity contribution is 7.45. The first-order valence-corrected chi connectivity index (χ1v) is 33.2. The van der Waals surface area contributed by atoms with Crippen LogP contribution in [-0.4, -0.2) is 69.4 Å². The van der Waals surface area contributed by atoms with Crippen LogP contribution in [0, 0.1) is 0 Å². The molecule has 9 nitrogen and oxygen atoms in total. The molecule has 0 aliphatic carbocycles. The van der Waals surface area contributed by atoms with Crippen LogP contribution >= 0.6 is 7.82 Å². The second-order valence-corrected chi connectivity index (χ2v) is 24.0. The van der Waals surface area contributed by atoms with Crippen molar-refractivity contribution in [3.63, 3.8) is 0 Å². The fourth-order valence-electron chi connectivity index (χ4n) is 8.91. The number of hydrogen-bond acceptors (Lipinski definition) is 7. The molecule has 0 aromatic carbocycles. The number of carbonyl (C=O) groups excluding carboxylic acids is 2. The summed E-state index contributed by atoms with van der Waals surface area (Å²) < 4.78 is 30.3. The van der Waals surface area contributed by atoms with Gasteiger partial charge in [-0.1, -0.05) is 242 Å². The number of phosphoric acid groups is 1. The number of likely N-dealkylation sites (N-methyl/N-ethyl adjacent to an activating group) is 1. The van der Waals surface area contributed by atoms with E-state index in [2.05, 4.69) is 86.8 Å². The van der Waals surface area contributed by atoms with Gasteiger partial charge in [-0.05, 0) is 102 Å². The molecule has 0 spiro atoms. The van der Waals surface area contributed by atoms with E-state index in [4.69, 9.17) is 13.8 Å². The zero-order chi connectivity index (χ0) is 55.7. The van der Waals surface area contributed by atoms with Crippen molar-refractivity contribution in [2.75, 3.05) is 40.9 Å². The summed E-state index contributed by atoms with van der Waals surface area (Å²) in [5.41, 5.74) is 0. The summed E-state index contributed by atoms with van der Waals surface area (Å²) in [6.45, 7) is 6.80. The molecule has 1 amide bonds. The first kappa shape index (κ1) is 73.5. The van der Waals surface area contributed by atoms with Crippen LogP contribution in [0.15, 0.2) is 72.9 Å². The molecule has 0 saturated carbocycles. The maximum absolute atomic E-state index is 13.5. The van der Waals surface area contributed by atoms with Gasteiger partial charge in [0.25, 0.3) is 7.82 Å². The number of hydrogen-bond donors (Lipinski definition) is 1. The Morgan fingerprint density at radius 1 is 0.461 bits per heavy atom. The van der Waals surface area contributed by atoms with Gasteiger partial charge in [0.15, 0.2) is 0 Å². The molecule has 3 unspecified atom stereocenters. The van der Waals surface area contributed by atoms with E-state index in [-0.39, 0.29) is 24.9 Å². The number of esters is 1. The van der Waals surface area contributed by atoms with Crippen LogP contribution in [0.25, 0.3) is 0 Å². The topological polar surface area (TPSA) is 114 Å². The molecule has 0 radical (unpaired) electrons. The van der Waals surface area contributed by atoms with Gasteiger partial charge in [0.1, 0.15) is 19.3 Å². The van der Waals surface area contributed by atoms with Crippen LogP contribution in [0.2, 0.25) is 0 Å². The maximum Gasteiger partial charge on any atom is 0.306 e. The Balaban J connectivity index is 5.28. The van der Waals surface area contributed by atoms with Gasteiger partial charge in [0.2, 0.25) is 5.91 Å². The van der Waals surface area contributed by atoms with Crippen molar-refractivity contribution in [1.29, 1.82) is 0 Å². The van der Waals surface area contributed by atoms with Gasteiger partial charge in [-0.2, -0.15) is 0 Å². The average Bonchev–Trinajstić information content (AvgIpc) is 3.38. The van der Waals surface area contributed by atoms with Crippen molar-refractivity contribution in [2.24, 2.45) is 0 Å². The third kappa shape index (κ3) is 56.2. The van der Waals surface area contributed by atoms with E-state index in [0.29, 0.717) is 23.9 Å². The molecule has 76 heavy (non-hydrogen) atoms. The fraction of sp³-hybridized carbons (Fsp3) is 0.788. The lowest BCUT2D eigenvalue weighted by Gasteiger charge is -2.30. The highest BCUT2D eigenvalue weighted by Crippen LogP contribution is 2.38. The molecule has 0 bridgehead atoms. The van der Waals surface area contributed by atoms with Crippen LogP contribution in [-0.2, 0) is 27.9 Å². The highest BCUT2D eigenvalue weighted by atomic mass is 31.2. The summed E-state index contributed by atoms with van der Waals surface area (Å²) in [7, 11) is 1.17. The number of ether oxygens (including phenoxy) is 1. The summed E-state index contributed by atoms with van der Waals surface area (Å²) in [4.78, 5) is 40.0. The Bertz CT molecular complexity index is 1530. The molecular weight excluding hydrogens is 964 g/mol. The number of allylic oxidation sites excluding steroid dienone is 11. The van der Waals surface area contributed by atoms with Crippen molar-refractivity contribution < 1.29 is 37.3 Å². The van der Waals surface area contributed by atoms with Crippen molar-refractivity contribution >= 4 is 19.7 Å². The van der Waals surface area contributed by atoms with E-state index >= 15 is 0 Å². The number of phosphoric ester groups is 1. The van der Waals surface area contributed by atoms with E-state index in [0.717, 1.165) is 103 Å². The summed E-state index contributed by atoms with van der Waals surface area (Å²) in [6, 6.07) is -0.902. The third-order valence-electron chi connectivity index (χ3n) is 13.9. The maximum atomic E-state index is 13.5. The molecule has 0 aliphatic rings. The van der Waals surface area contributed by atoms with E-state index in [9.17, 15) is 19.0 Å². The zero-order valence-electron chi connectivity index (χ0n) is 50.4. The SMILES string of the molecule is CCCCC/C=C\C/C=C\C/C=C\C/C=C\CCCCCCCC(=O)NC(COP(=O)([O-])OCC[N+](C)(C)C)C(/C=C\CCCCCCCCCCCC)OC(=O)CCCCCCCCC/C=C/CCCCCCCC. The van der Waals surface area contributed by atoms with Gasteiger partial charge < -0.3 is 28.5 Å². The molecule has 0 rings (SSSR count). The van der Waals surface area contributed by atoms with E-state index in [1.165, 1.54) is 141 Å². The number of nitrogens with one attached hydrogen (secondary N) is 1. The molecule has 10 heteroatoms. The Kier molecular flexibility index (Phi) is 53.9. The number of unbranched alkanes of at least 4 members (excludes halogenated alkanes) is 31. The Morgan fingerprint density at radius 2 is 0.803 bits per heavy atom. The zero-order valence-corrected chi connectivity index (χ0v) is 51.3. The Hall–Kier alpha value is -2.55. The summed E-state index contributed by atoms with van der Waals surface area (Å²) >= 11 is 0. The second kappa shape index (κ2) is 55.8. The van der Waals surface area contributed by atoms with Crippen LogP contribution < -0.4 is 10.2 Å². The number of carbonyl (C=O) groups is 2. The molecule has 0 fully saturated rings. The quantitative estimate of drug-likeness (QED) is 0.0212. The van der Waals surface area contributed by atoms with E-state index in [1.54, 1.807) is 0 Å². The summed E-state index contributed by atoms with van der Waals surface area (Å²) in [5, 5.41) is 3.02. The summed E-state index contributed by atoms with van der Waals surface area (Å²) in [6.07, 6.45) is 71.5. The van der Waals surface area contributed by atoms with Crippen molar-refractivity contribution in [3.8, 4) is 0 Å². The Morgan fingerprint density at radius 3 is 1.24 bits per heavy atom. The molecule has 0 aromatic rings. The Labute approximate surface area is 470 Å². The van der Waals surface area contributed by atoms with Gasteiger partial charge in [-0.25, -0.2) is 0 Å². The third-order valence-corrected chi connectivity index (χ3v) is 14.8. The minimum Gasteiger partial charge on any atom is -0.756 e. The lowest BCUT2D eigenvalue weighted by Crippen LogP contribution is -2.47. The minimum absolute atomic E-state index is 0.0290. The van der Waals surface area contributed by atoms with Crippen LogP contribution in [0.5, 0.6) is 0 Å². The monoisotopic (exact) mass is 1080 g/mol. The molecule has 0 aromatic heterocycles. The summed E-state index contributed by atoms with van der Waals surface area (Å²) in [5.74, 6) is -0.564. The van der Waals surface area contributed by atoms with Crippen LogP contribution in [0.4, 0.5) is 0 Å². The lowest BCUT2D eigenvalue weighted by molar-refractivity contribution is -0.870. The van der Waals surface area contributed by atoms with Crippen molar-refractivity contribution in [3.05, 3.63) is 72.9 Å². The predicted octanol–water partition coefficient (Wildman–Crippen LogP) is 19.0. The predicted molar refractivity (Wildman–Crippen MR) is 325 cm³/mol. The minimum atomic E-state index is -4.71. The van der Waals surface area contributed by atoms with E-state index < -0.39 is 26.6 Å². The van der Waals surface area contributed by atoms with Crippen LogP contribution in [0.3, 0.4) is 0 Å². The number of amides is 1. The first-order chi connectivity index (χ1) is 36.9. The number of rotatable bonds is 57. The van der Waals surface area contributed by atoms with Gasteiger partial charge in [-0.3, -0.25) is 14.2 Å². The largest absolute Gasteiger partial charge is 0.756 e. The smallest absolute Gasteiger partial charge is 0.306 e. The molecule has 1 N–H and O–H groups in total. The van der Waals surface area contributed by atoms with Crippen LogP contribution in [0.1, 0.15) is 284 Å². The number of nitrogens with zero attached hydrogens (tertiary/aromatic N) is 1. The fourth-order valence-corrected chi connectivity index (χ4v) is 9.63. The molecular formula is C66H121N2O7P. The van der Waals surface area contributed by atoms with Crippen molar-refractivity contribution in [1.82, 2.24) is 5.32 Å².